The zero-order valence-corrected chi connectivity index (χ0v) is 16.1. The predicted molar refractivity (Wildman–Crippen MR) is 110 cm³/mol. The molecule has 5 nitrogen and oxygen atoms in total. The number of carbonyl (C=O) groups excluding carboxylic acids is 1. The standard InChI is InChI=1S/C23H27NO4/c1-27-22-10-6-5-9-18(22)13-21(17-7-3-2-4-8-17)23(26)24-14-20(15-25)19-11-12-28-16-19/h2-10,13,19-20,25H,11-12,14-16H2,1H3,(H,24,26)/b21-13+. The highest BCUT2D eigenvalue weighted by Gasteiger charge is 2.26. The summed E-state index contributed by atoms with van der Waals surface area (Å²) in [7, 11) is 1.62. The van der Waals surface area contributed by atoms with E-state index in [9.17, 15) is 9.90 Å². The Morgan fingerprint density at radius 1 is 1.25 bits per heavy atom. The lowest BCUT2D eigenvalue weighted by Crippen LogP contribution is -2.35. The van der Waals surface area contributed by atoms with Crippen LogP contribution < -0.4 is 10.1 Å². The van der Waals surface area contributed by atoms with Crippen LogP contribution in [0.5, 0.6) is 5.75 Å². The number of hydrogen-bond acceptors (Lipinski definition) is 4. The lowest BCUT2D eigenvalue weighted by atomic mass is 9.92. The molecule has 1 amide bonds. The van der Waals surface area contributed by atoms with Gasteiger partial charge in [-0.15, -0.1) is 0 Å². The van der Waals surface area contributed by atoms with Crippen LogP contribution in [0.1, 0.15) is 17.5 Å². The normalized spacial score (nSPS) is 17.9. The monoisotopic (exact) mass is 381 g/mol. The Morgan fingerprint density at radius 2 is 2.00 bits per heavy atom. The summed E-state index contributed by atoms with van der Waals surface area (Å²) in [5.41, 5.74) is 2.22. The van der Waals surface area contributed by atoms with E-state index < -0.39 is 0 Å². The predicted octanol–water partition coefficient (Wildman–Crippen LogP) is 3.00. The van der Waals surface area contributed by atoms with Crippen molar-refractivity contribution in [2.75, 3.05) is 33.5 Å². The number of hydrogen-bond donors (Lipinski definition) is 2. The first-order valence-electron chi connectivity index (χ1n) is 9.60. The summed E-state index contributed by atoms with van der Waals surface area (Å²) in [4.78, 5) is 13.0. The van der Waals surface area contributed by atoms with E-state index in [1.54, 1.807) is 7.11 Å². The number of carbonyl (C=O) groups is 1. The van der Waals surface area contributed by atoms with Gasteiger partial charge in [0.1, 0.15) is 5.75 Å². The summed E-state index contributed by atoms with van der Waals surface area (Å²) < 4.78 is 10.8. The fraction of sp³-hybridized carbons (Fsp3) is 0.348. The molecule has 2 N–H and O–H groups in total. The molecule has 1 heterocycles. The van der Waals surface area contributed by atoms with Crippen molar-refractivity contribution in [3.05, 3.63) is 65.7 Å². The van der Waals surface area contributed by atoms with Crippen molar-refractivity contribution in [2.24, 2.45) is 11.8 Å². The van der Waals surface area contributed by atoms with E-state index in [2.05, 4.69) is 5.32 Å². The third-order valence-corrected chi connectivity index (χ3v) is 5.16. The molecule has 2 aromatic rings. The van der Waals surface area contributed by atoms with Crippen molar-refractivity contribution in [1.29, 1.82) is 0 Å². The average molecular weight is 381 g/mol. The Morgan fingerprint density at radius 3 is 2.68 bits per heavy atom. The lowest BCUT2D eigenvalue weighted by Gasteiger charge is -2.21. The van der Waals surface area contributed by atoms with Crippen molar-refractivity contribution in [3.8, 4) is 5.75 Å². The minimum absolute atomic E-state index is 0.00488. The quantitative estimate of drug-likeness (QED) is 0.545. The number of amides is 1. The Bertz CT molecular complexity index is 797. The fourth-order valence-corrected chi connectivity index (χ4v) is 3.46. The molecular formula is C23H27NO4. The van der Waals surface area contributed by atoms with Gasteiger partial charge in [0.05, 0.1) is 7.11 Å². The molecule has 0 radical (unpaired) electrons. The number of ether oxygens (including phenoxy) is 2. The highest BCUT2D eigenvalue weighted by atomic mass is 16.5. The van der Waals surface area contributed by atoms with Crippen molar-refractivity contribution in [2.45, 2.75) is 6.42 Å². The molecule has 5 heteroatoms. The Balaban J connectivity index is 1.82. The minimum Gasteiger partial charge on any atom is -0.496 e. The molecule has 1 fully saturated rings. The molecule has 1 aliphatic rings. The second-order valence-electron chi connectivity index (χ2n) is 6.94. The molecule has 2 unspecified atom stereocenters. The first kappa shape index (κ1) is 20.1. The highest BCUT2D eigenvalue weighted by Crippen LogP contribution is 2.25. The van der Waals surface area contributed by atoms with Crippen LogP contribution in [-0.2, 0) is 9.53 Å². The van der Waals surface area contributed by atoms with E-state index in [1.807, 2.05) is 60.7 Å². The van der Waals surface area contributed by atoms with Gasteiger partial charge in [0.15, 0.2) is 0 Å². The molecular weight excluding hydrogens is 354 g/mol. The van der Waals surface area contributed by atoms with Crippen LogP contribution in [0.3, 0.4) is 0 Å². The van der Waals surface area contributed by atoms with E-state index >= 15 is 0 Å². The van der Waals surface area contributed by atoms with E-state index in [4.69, 9.17) is 9.47 Å². The van der Waals surface area contributed by atoms with Crippen LogP contribution in [-0.4, -0.2) is 44.5 Å². The number of aliphatic hydroxyl groups is 1. The van der Waals surface area contributed by atoms with Gasteiger partial charge in [-0.25, -0.2) is 0 Å². The van der Waals surface area contributed by atoms with Gasteiger partial charge in [0, 0.05) is 43.4 Å². The minimum atomic E-state index is -0.172. The van der Waals surface area contributed by atoms with Crippen LogP contribution in [0.25, 0.3) is 11.6 Å². The van der Waals surface area contributed by atoms with Crippen LogP contribution in [0.15, 0.2) is 54.6 Å². The second-order valence-corrected chi connectivity index (χ2v) is 6.94. The van der Waals surface area contributed by atoms with E-state index in [-0.39, 0.29) is 24.3 Å². The molecule has 28 heavy (non-hydrogen) atoms. The maximum atomic E-state index is 13.0. The number of benzene rings is 2. The third-order valence-electron chi connectivity index (χ3n) is 5.16. The first-order chi connectivity index (χ1) is 13.7. The van der Waals surface area contributed by atoms with Gasteiger partial charge in [-0.1, -0.05) is 48.5 Å². The van der Waals surface area contributed by atoms with Crippen LogP contribution in [0.2, 0.25) is 0 Å². The Kier molecular flexibility index (Phi) is 7.23. The summed E-state index contributed by atoms with van der Waals surface area (Å²) in [5, 5.41) is 12.7. The maximum absolute atomic E-state index is 13.0. The van der Waals surface area contributed by atoms with E-state index in [0.29, 0.717) is 24.5 Å². The molecule has 1 aliphatic heterocycles. The second kappa shape index (κ2) is 10.1. The SMILES string of the molecule is COc1ccccc1/C=C(/C(=O)NCC(CO)C1CCOC1)c1ccccc1. The van der Waals surface area contributed by atoms with Gasteiger partial charge >= 0.3 is 0 Å². The lowest BCUT2D eigenvalue weighted by molar-refractivity contribution is -0.115. The molecule has 148 valence electrons. The van der Waals surface area contributed by atoms with Crippen molar-refractivity contribution in [1.82, 2.24) is 5.32 Å². The topological polar surface area (TPSA) is 67.8 Å². The van der Waals surface area contributed by atoms with Gasteiger partial charge in [-0.2, -0.15) is 0 Å². The van der Waals surface area contributed by atoms with E-state index in [1.165, 1.54) is 0 Å². The summed E-state index contributed by atoms with van der Waals surface area (Å²) in [6.07, 6.45) is 2.76. The molecule has 1 saturated heterocycles. The van der Waals surface area contributed by atoms with Crippen molar-refractivity contribution >= 4 is 17.6 Å². The van der Waals surface area contributed by atoms with Crippen molar-refractivity contribution < 1.29 is 19.4 Å². The van der Waals surface area contributed by atoms with Crippen LogP contribution in [0.4, 0.5) is 0 Å². The number of rotatable bonds is 8. The number of aliphatic hydroxyl groups excluding tert-OH is 1. The smallest absolute Gasteiger partial charge is 0.251 e. The molecule has 0 spiro atoms. The number of methoxy groups -OCH3 is 1. The largest absolute Gasteiger partial charge is 0.496 e. The Hall–Kier alpha value is -2.63. The van der Waals surface area contributed by atoms with Crippen LogP contribution in [0, 0.1) is 11.8 Å². The van der Waals surface area contributed by atoms with Gasteiger partial charge in [-0.3, -0.25) is 4.79 Å². The third kappa shape index (κ3) is 5.00. The molecule has 2 atom stereocenters. The summed E-state index contributed by atoms with van der Waals surface area (Å²) in [5.74, 6) is 0.813. The zero-order chi connectivity index (χ0) is 19.8. The summed E-state index contributed by atoms with van der Waals surface area (Å²) in [6, 6.07) is 17.2. The van der Waals surface area contributed by atoms with Gasteiger partial charge in [0.25, 0.3) is 5.91 Å². The van der Waals surface area contributed by atoms with Gasteiger partial charge in [-0.05, 0) is 30.0 Å². The first-order valence-corrected chi connectivity index (χ1v) is 9.60. The Labute approximate surface area is 166 Å². The number of para-hydroxylation sites is 1. The maximum Gasteiger partial charge on any atom is 0.251 e. The zero-order valence-electron chi connectivity index (χ0n) is 16.1. The van der Waals surface area contributed by atoms with Crippen molar-refractivity contribution in [3.63, 3.8) is 0 Å². The van der Waals surface area contributed by atoms with Gasteiger partial charge < -0.3 is 19.9 Å². The van der Waals surface area contributed by atoms with Crippen LogP contribution >= 0.6 is 0 Å². The molecule has 0 aromatic heterocycles. The number of nitrogens with one attached hydrogen (secondary N) is 1. The fourth-order valence-electron chi connectivity index (χ4n) is 3.46. The molecule has 3 rings (SSSR count). The molecule has 2 aromatic carbocycles. The summed E-state index contributed by atoms with van der Waals surface area (Å²) in [6.45, 7) is 1.81. The molecule has 0 saturated carbocycles. The average Bonchev–Trinajstić information content (AvgIpc) is 3.28. The highest BCUT2D eigenvalue weighted by molar-refractivity contribution is 6.24. The molecule has 0 bridgehead atoms. The molecule has 0 aliphatic carbocycles. The summed E-state index contributed by atoms with van der Waals surface area (Å²) >= 11 is 0. The van der Waals surface area contributed by atoms with Gasteiger partial charge in [0.2, 0.25) is 0 Å². The van der Waals surface area contributed by atoms with E-state index in [0.717, 1.165) is 24.2 Å².